The second kappa shape index (κ2) is 5.37. The molecule has 1 heterocycles. The van der Waals surface area contributed by atoms with Crippen molar-refractivity contribution in [3.8, 4) is 0 Å². The van der Waals surface area contributed by atoms with Gasteiger partial charge in [0.15, 0.2) is 0 Å². The van der Waals surface area contributed by atoms with Crippen molar-refractivity contribution in [2.24, 2.45) is 0 Å². The molecule has 0 saturated heterocycles. The lowest BCUT2D eigenvalue weighted by Crippen LogP contribution is -2.41. The number of aliphatic hydroxyl groups is 1. The monoisotopic (exact) mass is 221 g/mol. The number of rotatable bonds is 3. The van der Waals surface area contributed by atoms with Crippen LogP contribution in [0, 0.1) is 6.92 Å². The third-order valence-corrected chi connectivity index (χ3v) is 3.11. The van der Waals surface area contributed by atoms with Gasteiger partial charge in [-0.3, -0.25) is 0 Å². The smallest absolute Gasteiger partial charge is 0.125 e. The van der Waals surface area contributed by atoms with E-state index in [0.717, 1.165) is 30.8 Å². The highest BCUT2D eigenvalue weighted by atomic mass is 16.3. The molecule has 88 valence electrons. The number of nitrogens with one attached hydrogen (secondary N) is 1. The number of hydrogen-bond donors (Lipinski definition) is 2. The van der Waals surface area contributed by atoms with Crippen molar-refractivity contribution in [1.29, 1.82) is 0 Å². The number of aliphatic hydroxyl groups excluding tert-OH is 1. The highest BCUT2D eigenvalue weighted by Gasteiger charge is 2.22. The third-order valence-electron chi connectivity index (χ3n) is 3.11. The van der Waals surface area contributed by atoms with Gasteiger partial charge in [-0.2, -0.15) is 0 Å². The topological polar surface area (TPSA) is 58.0 Å². The van der Waals surface area contributed by atoms with Crippen LogP contribution in [0.2, 0.25) is 0 Å². The molecule has 0 aliphatic heterocycles. The number of hydrogen-bond acceptors (Lipinski definition) is 4. The molecule has 2 atom stereocenters. The maximum absolute atomic E-state index is 9.81. The zero-order valence-corrected chi connectivity index (χ0v) is 9.69. The van der Waals surface area contributed by atoms with Crippen molar-refractivity contribution in [3.63, 3.8) is 0 Å². The average Bonchev–Trinajstić information content (AvgIpc) is 2.28. The van der Waals surface area contributed by atoms with Crippen molar-refractivity contribution in [2.45, 2.75) is 51.3 Å². The van der Waals surface area contributed by atoms with Crippen molar-refractivity contribution in [1.82, 2.24) is 15.3 Å². The maximum Gasteiger partial charge on any atom is 0.125 e. The molecule has 2 N–H and O–H groups in total. The summed E-state index contributed by atoms with van der Waals surface area (Å²) in [5, 5.41) is 13.2. The minimum atomic E-state index is -0.198. The summed E-state index contributed by atoms with van der Waals surface area (Å²) in [5.41, 5.74) is 0.991. The van der Waals surface area contributed by atoms with E-state index in [0.29, 0.717) is 6.54 Å². The van der Waals surface area contributed by atoms with Crippen molar-refractivity contribution in [3.05, 3.63) is 23.8 Å². The van der Waals surface area contributed by atoms with Gasteiger partial charge in [-0.1, -0.05) is 12.8 Å². The Labute approximate surface area is 96.1 Å². The van der Waals surface area contributed by atoms with Gasteiger partial charge in [-0.15, -0.1) is 0 Å². The first kappa shape index (κ1) is 11.5. The molecule has 1 aromatic rings. The zero-order valence-electron chi connectivity index (χ0n) is 9.69. The van der Waals surface area contributed by atoms with Crippen molar-refractivity contribution in [2.75, 3.05) is 0 Å². The van der Waals surface area contributed by atoms with E-state index in [1.807, 2.05) is 13.0 Å². The molecule has 1 aliphatic rings. The van der Waals surface area contributed by atoms with Gasteiger partial charge in [0.05, 0.1) is 11.8 Å². The molecule has 4 heteroatoms. The second-order valence-electron chi connectivity index (χ2n) is 4.43. The highest BCUT2D eigenvalue weighted by molar-refractivity contribution is 5.01. The Morgan fingerprint density at radius 1 is 1.44 bits per heavy atom. The Morgan fingerprint density at radius 3 is 3.00 bits per heavy atom. The van der Waals surface area contributed by atoms with E-state index in [9.17, 15) is 5.11 Å². The molecule has 0 radical (unpaired) electrons. The first-order chi connectivity index (χ1) is 7.75. The number of aryl methyl sites for hydroxylation is 1. The molecule has 0 spiro atoms. The first-order valence-electron chi connectivity index (χ1n) is 5.95. The van der Waals surface area contributed by atoms with Crippen LogP contribution in [-0.4, -0.2) is 27.2 Å². The van der Waals surface area contributed by atoms with Crippen LogP contribution < -0.4 is 5.32 Å². The molecule has 1 fully saturated rings. The molecule has 1 aromatic heterocycles. The van der Waals surface area contributed by atoms with E-state index in [-0.39, 0.29) is 12.1 Å². The van der Waals surface area contributed by atoms with Crippen LogP contribution in [0.25, 0.3) is 0 Å². The van der Waals surface area contributed by atoms with Gasteiger partial charge in [-0.25, -0.2) is 9.97 Å². The highest BCUT2D eigenvalue weighted by Crippen LogP contribution is 2.18. The minimum Gasteiger partial charge on any atom is -0.392 e. The predicted molar refractivity (Wildman–Crippen MR) is 61.9 cm³/mol. The molecular formula is C12H19N3O. The van der Waals surface area contributed by atoms with Gasteiger partial charge in [0.1, 0.15) is 5.82 Å². The minimum absolute atomic E-state index is 0.198. The van der Waals surface area contributed by atoms with Crippen molar-refractivity contribution < 1.29 is 5.11 Å². The molecule has 0 aromatic carbocycles. The lowest BCUT2D eigenvalue weighted by molar-refractivity contribution is 0.0901. The Hall–Kier alpha value is -1.00. The molecule has 0 unspecified atom stereocenters. The Bertz CT molecular complexity index is 343. The Balaban J connectivity index is 1.86. The lowest BCUT2D eigenvalue weighted by atomic mass is 9.92. The molecular weight excluding hydrogens is 202 g/mol. The van der Waals surface area contributed by atoms with E-state index in [4.69, 9.17) is 0 Å². The second-order valence-corrected chi connectivity index (χ2v) is 4.43. The van der Waals surface area contributed by atoms with Crippen LogP contribution in [-0.2, 0) is 6.54 Å². The molecule has 1 saturated carbocycles. The Morgan fingerprint density at radius 2 is 2.25 bits per heavy atom. The normalized spacial score (nSPS) is 25.6. The van der Waals surface area contributed by atoms with E-state index >= 15 is 0 Å². The molecule has 16 heavy (non-hydrogen) atoms. The van der Waals surface area contributed by atoms with Gasteiger partial charge in [0, 0.05) is 18.8 Å². The fraction of sp³-hybridized carbons (Fsp3) is 0.667. The lowest BCUT2D eigenvalue weighted by Gasteiger charge is -2.28. The van der Waals surface area contributed by atoms with Crippen LogP contribution in [0.1, 0.15) is 37.2 Å². The average molecular weight is 221 g/mol. The van der Waals surface area contributed by atoms with E-state index < -0.39 is 0 Å². The predicted octanol–water partition coefficient (Wildman–Crippen LogP) is 1.18. The molecule has 1 aliphatic carbocycles. The third kappa shape index (κ3) is 3.00. The van der Waals surface area contributed by atoms with Crippen LogP contribution >= 0.6 is 0 Å². The fourth-order valence-corrected chi connectivity index (χ4v) is 2.19. The standard InChI is InChI=1S/C12H19N3O/c1-9-13-7-6-10(15-9)8-14-11-4-2-3-5-12(11)16/h6-7,11-12,14,16H,2-5,8H2,1H3/t11-,12-/m0/s1. The quantitative estimate of drug-likeness (QED) is 0.804. The SMILES string of the molecule is Cc1nccc(CN[C@H]2CCCC[C@@H]2O)n1. The van der Waals surface area contributed by atoms with Gasteiger partial charge < -0.3 is 10.4 Å². The summed E-state index contributed by atoms with van der Waals surface area (Å²) in [6, 6.07) is 2.14. The van der Waals surface area contributed by atoms with Gasteiger partial charge in [0.2, 0.25) is 0 Å². The summed E-state index contributed by atoms with van der Waals surface area (Å²) in [6.07, 6.45) is 5.91. The molecule has 0 amide bonds. The summed E-state index contributed by atoms with van der Waals surface area (Å²) >= 11 is 0. The van der Waals surface area contributed by atoms with E-state index in [1.165, 1.54) is 6.42 Å². The van der Waals surface area contributed by atoms with Gasteiger partial charge in [0.25, 0.3) is 0 Å². The van der Waals surface area contributed by atoms with Crippen LogP contribution in [0.4, 0.5) is 0 Å². The van der Waals surface area contributed by atoms with Crippen LogP contribution in [0.3, 0.4) is 0 Å². The molecule has 2 rings (SSSR count). The summed E-state index contributed by atoms with van der Waals surface area (Å²) in [6.45, 7) is 2.60. The van der Waals surface area contributed by atoms with E-state index in [2.05, 4.69) is 15.3 Å². The van der Waals surface area contributed by atoms with Gasteiger partial charge >= 0.3 is 0 Å². The van der Waals surface area contributed by atoms with Crippen LogP contribution in [0.5, 0.6) is 0 Å². The summed E-state index contributed by atoms with van der Waals surface area (Å²) in [4.78, 5) is 8.39. The number of nitrogens with zero attached hydrogens (tertiary/aromatic N) is 2. The Kier molecular flexibility index (Phi) is 3.85. The van der Waals surface area contributed by atoms with Crippen LogP contribution in [0.15, 0.2) is 12.3 Å². The number of aromatic nitrogens is 2. The molecule has 0 bridgehead atoms. The summed E-state index contributed by atoms with van der Waals surface area (Å²) < 4.78 is 0. The summed E-state index contributed by atoms with van der Waals surface area (Å²) in [7, 11) is 0. The zero-order chi connectivity index (χ0) is 11.4. The van der Waals surface area contributed by atoms with E-state index in [1.54, 1.807) is 6.20 Å². The van der Waals surface area contributed by atoms with Crippen molar-refractivity contribution >= 4 is 0 Å². The largest absolute Gasteiger partial charge is 0.392 e. The first-order valence-corrected chi connectivity index (χ1v) is 5.95. The fourth-order valence-electron chi connectivity index (χ4n) is 2.19. The molecule has 4 nitrogen and oxygen atoms in total. The summed E-state index contributed by atoms with van der Waals surface area (Å²) in [5.74, 6) is 0.795. The maximum atomic E-state index is 9.81. The van der Waals surface area contributed by atoms with Gasteiger partial charge in [-0.05, 0) is 25.8 Å².